The zero-order chi connectivity index (χ0) is 12.5. The molecule has 1 aromatic carbocycles. The summed E-state index contributed by atoms with van der Waals surface area (Å²) < 4.78 is 8.27. The standard InChI is InChI=1S/C14H16N4.2HI/c1-15-6-8-17(11-15)13-4-3-5-14(10-13)18-9-7-16(2)12-18;;/h3-12H,1-2H3;2*1H/q+2;;/p-2. The fraction of sp³-hybridized carbons (Fsp3) is 0.143. The summed E-state index contributed by atoms with van der Waals surface area (Å²) in [6.45, 7) is 0. The van der Waals surface area contributed by atoms with Gasteiger partial charge in [-0.3, -0.25) is 0 Å². The second kappa shape index (κ2) is 7.21. The fourth-order valence-electron chi connectivity index (χ4n) is 2.02. The van der Waals surface area contributed by atoms with Crippen molar-refractivity contribution in [1.29, 1.82) is 0 Å². The number of nitrogens with zero attached hydrogens (tertiary/aromatic N) is 4. The van der Waals surface area contributed by atoms with Crippen molar-refractivity contribution in [1.82, 2.24) is 9.13 Å². The maximum Gasteiger partial charge on any atom is 0.248 e. The maximum atomic E-state index is 2.17. The summed E-state index contributed by atoms with van der Waals surface area (Å²) in [5, 5.41) is 0. The molecule has 0 N–H and O–H groups in total. The molecule has 0 radical (unpaired) electrons. The van der Waals surface area contributed by atoms with Gasteiger partial charge in [0.2, 0.25) is 12.7 Å². The molecule has 3 rings (SSSR count). The number of hydrogen-bond acceptors (Lipinski definition) is 0. The molecular weight excluding hydrogens is 478 g/mol. The second-order valence-corrected chi connectivity index (χ2v) is 4.49. The van der Waals surface area contributed by atoms with Gasteiger partial charge >= 0.3 is 0 Å². The number of benzene rings is 1. The van der Waals surface area contributed by atoms with Gasteiger partial charge in [0, 0.05) is 6.07 Å². The van der Waals surface area contributed by atoms with E-state index in [0.717, 1.165) is 11.4 Å². The molecule has 20 heavy (non-hydrogen) atoms. The monoisotopic (exact) mass is 494 g/mol. The van der Waals surface area contributed by atoms with E-state index in [9.17, 15) is 0 Å². The Balaban J connectivity index is 0.000001000. The van der Waals surface area contributed by atoms with Gasteiger partial charge in [-0.2, -0.15) is 0 Å². The van der Waals surface area contributed by atoms with Gasteiger partial charge in [-0.1, -0.05) is 6.07 Å². The molecule has 0 atom stereocenters. The minimum Gasteiger partial charge on any atom is -1.00 e. The van der Waals surface area contributed by atoms with Crippen molar-refractivity contribution < 1.29 is 57.1 Å². The highest BCUT2D eigenvalue weighted by molar-refractivity contribution is 5.43. The molecule has 3 aromatic rings. The van der Waals surface area contributed by atoms with Gasteiger partial charge in [-0.05, 0) is 12.1 Å². The highest BCUT2D eigenvalue weighted by Crippen LogP contribution is 2.13. The molecule has 106 valence electrons. The highest BCUT2D eigenvalue weighted by atomic mass is 127. The van der Waals surface area contributed by atoms with E-state index in [1.54, 1.807) is 0 Å². The van der Waals surface area contributed by atoms with Crippen molar-refractivity contribution in [3.05, 3.63) is 61.7 Å². The minimum atomic E-state index is 0. The lowest BCUT2D eigenvalue weighted by atomic mass is 10.2. The number of hydrogen-bond donors (Lipinski definition) is 0. The predicted molar refractivity (Wildman–Crippen MR) is 67.4 cm³/mol. The zero-order valence-electron chi connectivity index (χ0n) is 11.3. The Hall–Kier alpha value is -0.900. The first kappa shape index (κ1) is 17.2. The van der Waals surface area contributed by atoms with Crippen molar-refractivity contribution in [3.63, 3.8) is 0 Å². The third-order valence-corrected chi connectivity index (χ3v) is 2.96. The van der Waals surface area contributed by atoms with Crippen molar-refractivity contribution in [2.24, 2.45) is 14.1 Å². The number of aromatic nitrogens is 4. The van der Waals surface area contributed by atoms with Crippen LogP contribution in [0.5, 0.6) is 0 Å². The van der Waals surface area contributed by atoms with Crippen LogP contribution in [0.4, 0.5) is 0 Å². The molecule has 0 saturated carbocycles. The first-order chi connectivity index (χ1) is 8.72. The fourth-order valence-corrected chi connectivity index (χ4v) is 2.02. The maximum absolute atomic E-state index is 2.17. The summed E-state index contributed by atoms with van der Waals surface area (Å²) in [6.07, 6.45) is 12.3. The molecule has 0 saturated heterocycles. The van der Waals surface area contributed by atoms with Gasteiger partial charge in [0.15, 0.2) is 0 Å². The lowest BCUT2D eigenvalue weighted by Crippen LogP contribution is -3.00. The predicted octanol–water partition coefficient (Wildman–Crippen LogP) is -5.07. The Bertz CT molecular complexity index is 632. The molecule has 0 aliphatic rings. The molecule has 0 spiro atoms. The smallest absolute Gasteiger partial charge is 0.248 e. The van der Waals surface area contributed by atoms with Gasteiger partial charge in [0.05, 0.1) is 14.1 Å². The summed E-state index contributed by atoms with van der Waals surface area (Å²) in [6, 6.07) is 8.45. The summed E-state index contributed by atoms with van der Waals surface area (Å²) in [5.41, 5.74) is 2.31. The molecule has 0 unspecified atom stereocenters. The first-order valence-electron chi connectivity index (χ1n) is 5.90. The lowest BCUT2D eigenvalue weighted by molar-refractivity contribution is -0.670. The quantitative estimate of drug-likeness (QED) is 0.251. The molecule has 0 aliphatic heterocycles. The Morgan fingerprint density at radius 2 is 1.25 bits per heavy atom. The van der Waals surface area contributed by atoms with E-state index in [0.29, 0.717) is 0 Å². The summed E-state index contributed by atoms with van der Waals surface area (Å²) >= 11 is 0. The summed E-state index contributed by atoms with van der Waals surface area (Å²) in [5.74, 6) is 0. The van der Waals surface area contributed by atoms with E-state index in [1.165, 1.54) is 0 Å². The van der Waals surface area contributed by atoms with Crippen LogP contribution in [0.15, 0.2) is 61.7 Å². The Labute approximate surface area is 152 Å². The van der Waals surface area contributed by atoms with Crippen LogP contribution in [0.3, 0.4) is 0 Å². The molecule has 2 aromatic heterocycles. The minimum absolute atomic E-state index is 0. The number of aryl methyl sites for hydroxylation is 2. The zero-order valence-corrected chi connectivity index (χ0v) is 15.6. The van der Waals surface area contributed by atoms with Crippen molar-refractivity contribution >= 4 is 0 Å². The SMILES string of the molecule is C[n+]1ccn(-c2cccc(-n3cc[n+](C)c3)c2)c1.[I-].[I-]. The van der Waals surface area contributed by atoms with E-state index < -0.39 is 0 Å². The van der Waals surface area contributed by atoms with Gasteiger partial charge in [0.1, 0.15) is 36.2 Å². The highest BCUT2D eigenvalue weighted by Gasteiger charge is 2.09. The van der Waals surface area contributed by atoms with E-state index in [1.807, 2.05) is 35.6 Å². The van der Waals surface area contributed by atoms with E-state index in [-0.39, 0.29) is 48.0 Å². The van der Waals surface area contributed by atoms with Gasteiger partial charge < -0.3 is 48.0 Å². The molecule has 0 bridgehead atoms. The van der Waals surface area contributed by atoms with Crippen LogP contribution in [0.1, 0.15) is 0 Å². The van der Waals surface area contributed by atoms with Crippen LogP contribution in [-0.2, 0) is 14.1 Å². The molecule has 0 amide bonds. The van der Waals surface area contributed by atoms with Crippen LogP contribution < -0.4 is 57.1 Å². The van der Waals surface area contributed by atoms with Crippen LogP contribution in [0, 0.1) is 0 Å². The average molecular weight is 494 g/mol. The Morgan fingerprint density at radius 1 is 0.800 bits per heavy atom. The van der Waals surface area contributed by atoms with Crippen molar-refractivity contribution in [2.45, 2.75) is 0 Å². The topological polar surface area (TPSA) is 17.6 Å². The van der Waals surface area contributed by atoms with E-state index in [4.69, 9.17) is 0 Å². The molecule has 0 aliphatic carbocycles. The molecule has 0 fully saturated rings. The van der Waals surface area contributed by atoms with E-state index >= 15 is 0 Å². The van der Waals surface area contributed by atoms with Gasteiger partial charge in [0.25, 0.3) is 0 Å². The first-order valence-corrected chi connectivity index (χ1v) is 5.90. The van der Waals surface area contributed by atoms with E-state index in [2.05, 4.69) is 58.4 Å². The Kier molecular flexibility index (Phi) is 6.18. The molecule has 4 nitrogen and oxygen atoms in total. The summed E-state index contributed by atoms with van der Waals surface area (Å²) in [4.78, 5) is 0. The number of rotatable bonds is 2. The van der Waals surface area contributed by atoms with Crippen LogP contribution in [-0.4, -0.2) is 9.13 Å². The van der Waals surface area contributed by atoms with Gasteiger partial charge in [-0.25, -0.2) is 18.3 Å². The molecular formula is C14H16I2N4. The second-order valence-electron chi connectivity index (χ2n) is 4.49. The molecule has 2 heterocycles. The van der Waals surface area contributed by atoms with Crippen LogP contribution in [0.2, 0.25) is 0 Å². The number of imidazole rings is 2. The van der Waals surface area contributed by atoms with Gasteiger partial charge in [-0.15, -0.1) is 0 Å². The Morgan fingerprint density at radius 3 is 1.60 bits per heavy atom. The molecule has 6 heteroatoms. The largest absolute Gasteiger partial charge is 1.00 e. The van der Waals surface area contributed by atoms with Crippen molar-refractivity contribution in [2.75, 3.05) is 0 Å². The number of halogens is 2. The third kappa shape index (κ3) is 3.60. The third-order valence-electron chi connectivity index (χ3n) is 2.96. The van der Waals surface area contributed by atoms with Crippen LogP contribution >= 0.6 is 0 Å². The summed E-state index contributed by atoms with van der Waals surface area (Å²) in [7, 11) is 4.04. The van der Waals surface area contributed by atoms with Crippen molar-refractivity contribution in [3.8, 4) is 11.4 Å². The lowest BCUT2D eigenvalue weighted by Gasteiger charge is -1.98. The normalized spacial score (nSPS) is 9.70. The van der Waals surface area contributed by atoms with Crippen LogP contribution in [0.25, 0.3) is 11.4 Å². The average Bonchev–Trinajstić information content (AvgIpc) is 2.98.